The van der Waals surface area contributed by atoms with Crippen LogP contribution in [0.2, 0.25) is 0 Å². The topological polar surface area (TPSA) is 44.8 Å². The molecule has 2 aliphatic rings. The number of benzene rings is 2. The Morgan fingerprint density at radius 2 is 1.78 bits per heavy atom. The van der Waals surface area contributed by atoms with Gasteiger partial charge >= 0.3 is 0 Å². The number of nitrogens with one attached hydrogen (secondary N) is 1. The Balaban J connectivity index is 1.33. The van der Waals surface area contributed by atoms with E-state index in [4.69, 9.17) is 4.74 Å². The van der Waals surface area contributed by atoms with Crippen LogP contribution in [0.3, 0.4) is 0 Å². The van der Waals surface area contributed by atoms with Crippen molar-refractivity contribution in [3.63, 3.8) is 0 Å². The van der Waals surface area contributed by atoms with Crippen molar-refractivity contribution in [2.24, 2.45) is 0 Å². The van der Waals surface area contributed by atoms with Crippen LogP contribution in [0.4, 0.5) is 5.69 Å². The first-order chi connectivity index (χ1) is 17.9. The largest absolute Gasteiger partial charge is 0.497 e. The van der Waals surface area contributed by atoms with E-state index in [0.717, 1.165) is 59.4 Å². The lowest BCUT2D eigenvalue weighted by Crippen LogP contribution is -2.33. The van der Waals surface area contributed by atoms with Crippen LogP contribution in [0.1, 0.15) is 50.2 Å². The van der Waals surface area contributed by atoms with Crippen LogP contribution in [0, 0.1) is 0 Å². The third kappa shape index (κ3) is 6.37. The Morgan fingerprint density at radius 1 is 1.11 bits per heavy atom. The van der Waals surface area contributed by atoms with Crippen LogP contribution in [-0.2, 0) is 11.3 Å². The van der Waals surface area contributed by atoms with E-state index >= 15 is 0 Å². The smallest absolute Gasteiger partial charge is 0.268 e. The number of piperidine rings is 1. The van der Waals surface area contributed by atoms with Crippen LogP contribution in [-0.4, -0.2) is 31.0 Å². The van der Waals surface area contributed by atoms with Gasteiger partial charge in [0, 0.05) is 36.0 Å². The molecule has 37 heavy (non-hydrogen) atoms. The number of carbonyl (C=O) groups is 1. The first kappa shape index (κ1) is 26.8. The van der Waals surface area contributed by atoms with Gasteiger partial charge in [-0.05, 0) is 101 Å². The van der Waals surface area contributed by atoms with Crippen molar-refractivity contribution in [3.8, 4) is 5.75 Å². The molecule has 194 valence electrons. The van der Waals surface area contributed by atoms with E-state index in [1.54, 1.807) is 7.11 Å². The van der Waals surface area contributed by atoms with Gasteiger partial charge in [0.25, 0.3) is 5.91 Å². The minimum atomic E-state index is -0.1000. The summed E-state index contributed by atoms with van der Waals surface area (Å²) in [5, 5.41) is 3.11. The maximum Gasteiger partial charge on any atom is 0.268 e. The average molecular weight is 563 g/mol. The summed E-state index contributed by atoms with van der Waals surface area (Å²) in [6.45, 7) is 10.7. The van der Waals surface area contributed by atoms with E-state index in [1.807, 2.05) is 30.2 Å². The predicted molar refractivity (Wildman–Crippen MR) is 156 cm³/mol. The normalized spacial score (nSPS) is 16.9. The highest BCUT2D eigenvalue weighted by atomic mass is 79.9. The fourth-order valence-corrected chi connectivity index (χ4v) is 5.18. The summed E-state index contributed by atoms with van der Waals surface area (Å²) in [7, 11) is 1.70. The molecule has 6 heteroatoms. The summed E-state index contributed by atoms with van der Waals surface area (Å²) in [5.41, 5.74) is 6.10. The highest BCUT2D eigenvalue weighted by Crippen LogP contribution is 2.32. The van der Waals surface area contributed by atoms with Crippen molar-refractivity contribution >= 4 is 27.5 Å². The Hall–Kier alpha value is -3.25. The van der Waals surface area contributed by atoms with Gasteiger partial charge in [0.2, 0.25) is 0 Å². The van der Waals surface area contributed by atoms with Crippen molar-refractivity contribution in [2.75, 3.05) is 25.1 Å². The van der Waals surface area contributed by atoms with E-state index < -0.39 is 0 Å². The number of amides is 1. The molecule has 0 aliphatic carbocycles. The molecule has 1 amide bonds. The lowest BCUT2D eigenvalue weighted by molar-refractivity contribution is -0.118. The SMILES string of the molecule is C=C1C(Br)=CC=CN1/C(C(=O)NCc1ccc(N2CCC(c3ccc(OC)cc3)CC2)cc1)=C(\C)CC. The molecule has 0 saturated carbocycles. The maximum absolute atomic E-state index is 13.2. The average Bonchev–Trinajstić information content (AvgIpc) is 2.94. The van der Waals surface area contributed by atoms with Gasteiger partial charge in [-0.25, -0.2) is 0 Å². The number of anilines is 1. The lowest BCUT2D eigenvalue weighted by Gasteiger charge is -2.34. The standard InChI is InChI=1S/C31H36BrN3O2/c1-5-22(2)30(35-18-6-7-29(32)23(35)3)31(36)33-21-24-8-12-27(13-9-24)34-19-16-26(17-20-34)25-10-14-28(37-4)15-11-25/h6-15,18,26H,3,5,16-17,19-21H2,1-2,4H3,(H,33,36)/b30-22+. The van der Waals surface area contributed by atoms with Crippen LogP contribution >= 0.6 is 15.9 Å². The molecule has 1 saturated heterocycles. The van der Waals surface area contributed by atoms with Crippen molar-refractivity contribution in [2.45, 2.75) is 45.6 Å². The second-order valence-electron chi connectivity index (χ2n) is 9.54. The van der Waals surface area contributed by atoms with Crippen LogP contribution in [0.5, 0.6) is 5.75 Å². The summed E-state index contributed by atoms with van der Waals surface area (Å²) in [4.78, 5) is 17.5. The number of rotatable bonds is 8. The summed E-state index contributed by atoms with van der Waals surface area (Å²) in [5.74, 6) is 1.40. The molecule has 0 atom stereocenters. The zero-order valence-electron chi connectivity index (χ0n) is 22.0. The first-order valence-electron chi connectivity index (χ1n) is 12.9. The number of methoxy groups -OCH3 is 1. The van der Waals surface area contributed by atoms with E-state index in [9.17, 15) is 4.79 Å². The van der Waals surface area contributed by atoms with Crippen LogP contribution in [0.15, 0.2) is 94.9 Å². The summed E-state index contributed by atoms with van der Waals surface area (Å²) < 4.78 is 6.16. The van der Waals surface area contributed by atoms with Crippen molar-refractivity contribution < 1.29 is 9.53 Å². The third-order valence-electron chi connectivity index (χ3n) is 7.27. The summed E-state index contributed by atoms with van der Waals surface area (Å²) in [6.07, 6.45) is 8.78. The minimum absolute atomic E-state index is 0.1000. The molecular formula is C31H36BrN3O2. The van der Waals surface area contributed by atoms with Crippen molar-refractivity contribution in [1.29, 1.82) is 0 Å². The van der Waals surface area contributed by atoms with Gasteiger partial charge in [-0.15, -0.1) is 0 Å². The number of hydrogen-bond donors (Lipinski definition) is 1. The molecule has 5 nitrogen and oxygen atoms in total. The molecule has 2 aromatic carbocycles. The van der Waals surface area contributed by atoms with E-state index in [0.29, 0.717) is 18.2 Å². The number of carbonyl (C=O) groups excluding carboxylic acids is 1. The van der Waals surface area contributed by atoms with Gasteiger partial charge in [-0.3, -0.25) is 4.79 Å². The molecule has 0 bridgehead atoms. The molecule has 2 aliphatic heterocycles. The highest BCUT2D eigenvalue weighted by molar-refractivity contribution is 9.12. The van der Waals surface area contributed by atoms with Gasteiger partial charge in [-0.2, -0.15) is 0 Å². The molecule has 1 fully saturated rings. The van der Waals surface area contributed by atoms with Gasteiger partial charge in [0.15, 0.2) is 0 Å². The number of hydrogen-bond acceptors (Lipinski definition) is 4. The van der Waals surface area contributed by atoms with E-state index in [2.05, 4.69) is 88.2 Å². The molecule has 0 radical (unpaired) electrons. The summed E-state index contributed by atoms with van der Waals surface area (Å²) >= 11 is 3.52. The zero-order valence-corrected chi connectivity index (χ0v) is 23.6. The van der Waals surface area contributed by atoms with E-state index in [1.165, 1.54) is 11.3 Å². The van der Waals surface area contributed by atoms with Gasteiger partial charge in [-0.1, -0.05) is 37.8 Å². The van der Waals surface area contributed by atoms with Crippen LogP contribution < -0.4 is 15.0 Å². The molecule has 0 unspecified atom stereocenters. The Bertz CT molecular complexity index is 1200. The zero-order chi connectivity index (χ0) is 26.4. The van der Waals surface area contributed by atoms with Crippen molar-refractivity contribution in [1.82, 2.24) is 10.2 Å². The second kappa shape index (κ2) is 12.3. The fourth-order valence-electron chi connectivity index (χ4n) is 4.84. The molecule has 0 aromatic heterocycles. The molecular weight excluding hydrogens is 526 g/mol. The van der Waals surface area contributed by atoms with Crippen molar-refractivity contribution in [3.05, 3.63) is 106 Å². The molecule has 2 aromatic rings. The number of allylic oxidation sites excluding steroid dienone is 4. The van der Waals surface area contributed by atoms with Gasteiger partial charge in [0.05, 0.1) is 12.8 Å². The Labute approximate surface area is 229 Å². The molecule has 4 rings (SSSR count). The summed E-state index contributed by atoms with van der Waals surface area (Å²) in [6, 6.07) is 17.0. The number of ether oxygens (including phenoxy) is 1. The monoisotopic (exact) mass is 561 g/mol. The quantitative estimate of drug-likeness (QED) is 0.352. The van der Waals surface area contributed by atoms with Gasteiger partial charge in [0.1, 0.15) is 11.4 Å². The Morgan fingerprint density at radius 3 is 2.41 bits per heavy atom. The van der Waals surface area contributed by atoms with E-state index in [-0.39, 0.29) is 5.91 Å². The fraction of sp³-hybridized carbons (Fsp3) is 0.323. The third-order valence-corrected chi connectivity index (χ3v) is 7.99. The first-order valence-corrected chi connectivity index (χ1v) is 13.7. The van der Waals surface area contributed by atoms with Crippen LogP contribution in [0.25, 0.3) is 0 Å². The second-order valence-corrected chi connectivity index (χ2v) is 10.4. The number of halogens is 1. The highest BCUT2D eigenvalue weighted by Gasteiger charge is 2.23. The minimum Gasteiger partial charge on any atom is -0.497 e. The molecule has 1 N–H and O–H groups in total. The Kier molecular flexibility index (Phi) is 8.93. The molecule has 2 heterocycles. The molecule has 0 spiro atoms. The lowest BCUT2D eigenvalue weighted by atomic mass is 9.89. The maximum atomic E-state index is 13.2. The predicted octanol–water partition coefficient (Wildman–Crippen LogP) is 7.00. The number of nitrogens with zero attached hydrogens (tertiary/aromatic N) is 2. The van der Waals surface area contributed by atoms with Gasteiger partial charge < -0.3 is 19.9 Å².